The van der Waals surface area contributed by atoms with E-state index in [0.29, 0.717) is 16.9 Å². The number of methoxy groups -OCH3 is 1. The fourth-order valence-electron chi connectivity index (χ4n) is 2.26. The van der Waals surface area contributed by atoms with Crippen LogP contribution in [0, 0.1) is 28.4 Å². The van der Waals surface area contributed by atoms with E-state index < -0.39 is 16.9 Å². The Morgan fingerprint density at radius 1 is 1.33 bits per heavy atom. The van der Waals surface area contributed by atoms with E-state index in [9.17, 15) is 20.2 Å². The number of carbonyl (C=O) groups is 1. The van der Waals surface area contributed by atoms with Crippen LogP contribution in [0.5, 0.6) is 5.75 Å². The fourth-order valence-corrected chi connectivity index (χ4v) is 2.26. The number of amides is 1. The first-order valence-corrected chi connectivity index (χ1v) is 7.06. The van der Waals surface area contributed by atoms with Gasteiger partial charge in [0.15, 0.2) is 0 Å². The number of rotatable bonds is 5. The van der Waals surface area contributed by atoms with Crippen LogP contribution in [0.3, 0.4) is 0 Å². The van der Waals surface area contributed by atoms with Gasteiger partial charge in [-0.25, -0.2) is 0 Å². The van der Waals surface area contributed by atoms with Gasteiger partial charge in [0.05, 0.1) is 18.1 Å². The van der Waals surface area contributed by atoms with Gasteiger partial charge in [0.25, 0.3) is 11.6 Å². The lowest BCUT2D eigenvalue weighted by Crippen LogP contribution is -2.28. The molecule has 0 bridgehead atoms. The number of nitro groups is 1. The Balaban J connectivity index is 2.32. The van der Waals surface area contributed by atoms with Gasteiger partial charge in [0.1, 0.15) is 11.8 Å². The lowest BCUT2D eigenvalue weighted by atomic mass is 10.0. The van der Waals surface area contributed by atoms with Crippen LogP contribution in [0.15, 0.2) is 42.5 Å². The maximum atomic E-state index is 12.5. The summed E-state index contributed by atoms with van der Waals surface area (Å²) in [5.41, 5.74) is 1.06. The third kappa shape index (κ3) is 3.50. The number of nitro benzene ring substituents is 1. The number of non-ortho nitro benzene ring substituents is 1. The summed E-state index contributed by atoms with van der Waals surface area (Å²) in [5, 5.41) is 22.8. The van der Waals surface area contributed by atoms with Crippen molar-refractivity contribution in [3.8, 4) is 11.8 Å². The Labute approximate surface area is 138 Å². The van der Waals surface area contributed by atoms with Crippen LogP contribution in [-0.2, 0) is 0 Å². The normalized spacial score (nSPS) is 11.2. The third-order valence-corrected chi connectivity index (χ3v) is 3.53. The first kappa shape index (κ1) is 17.0. The predicted octanol–water partition coefficient (Wildman–Crippen LogP) is 2.91. The second-order valence-corrected chi connectivity index (χ2v) is 5.03. The number of nitriles is 1. The number of ether oxygens (including phenoxy) is 1. The van der Waals surface area contributed by atoms with Gasteiger partial charge in [-0.1, -0.05) is 24.3 Å². The van der Waals surface area contributed by atoms with Crippen LogP contribution >= 0.6 is 0 Å². The molecule has 24 heavy (non-hydrogen) atoms. The summed E-state index contributed by atoms with van der Waals surface area (Å²) >= 11 is 0. The van der Waals surface area contributed by atoms with Crippen molar-refractivity contribution >= 4 is 11.6 Å². The minimum Gasteiger partial charge on any atom is -0.496 e. The van der Waals surface area contributed by atoms with E-state index in [-0.39, 0.29) is 11.3 Å². The molecule has 0 unspecified atom stereocenters. The molecule has 2 aromatic rings. The van der Waals surface area contributed by atoms with Gasteiger partial charge in [-0.2, -0.15) is 5.26 Å². The molecule has 7 nitrogen and oxygen atoms in total. The van der Waals surface area contributed by atoms with E-state index in [1.54, 1.807) is 31.2 Å². The predicted molar refractivity (Wildman–Crippen MR) is 86.6 cm³/mol. The molecule has 0 aliphatic heterocycles. The van der Waals surface area contributed by atoms with Crippen LogP contribution in [0.1, 0.15) is 27.5 Å². The van der Waals surface area contributed by atoms with Crippen molar-refractivity contribution in [2.45, 2.75) is 13.0 Å². The quantitative estimate of drug-likeness (QED) is 0.672. The molecule has 0 aliphatic rings. The molecule has 0 radical (unpaired) electrons. The lowest BCUT2D eigenvalue weighted by molar-refractivity contribution is -0.384. The maximum Gasteiger partial charge on any atom is 0.270 e. The summed E-state index contributed by atoms with van der Waals surface area (Å²) in [6.45, 7) is 1.67. The average molecular weight is 325 g/mol. The smallest absolute Gasteiger partial charge is 0.270 e. The average Bonchev–Trinajstić information content (AvgIpc) is 2.59. The standard InChI is InChI=1S/C17H15N3O4/c1-11-7-8-12(20(22)23)9-14(11)17(21)19-15(10-18)13-5-3-4-6-16(13)24-2/h3-9,15H,1-2H3,(H,19,21)/t15-/m0/s1. The monoisotopic (exact) mass is 325 g/mol. The van der Waals surface area contributed by atoms with Crippen molar-refractivity contribution in [3.05, 3.63) is 69.3 Å². The molecule has 0 spiro atoms. The highest BCUT2D eigenvalue weighted by Crippen LogP contribution is 2.25. The zero-order valence-corrected chi connectivity index (χ0v) is 13.1. The highest BCUT2D eigenvalue weighted by Gasteiger charge is 2.21. The van der Waals surface area contributed by atoms with Crippen molar-refractivity contribution < 1.29 is 14.5 Å². The second kappa shape index (κ2) is 7.24. The van der Waals surface area contributed by atoms with Crippen molar-refractivity contribution in [2.75, 3.05) is 7.11 Å². The summed E-state index contributed by atoms with van der Waals surface area (Å²) < 4.78 is 5.20. The van der Waals surface area contributed by atoms with E-state index >= 15 is 0 Å². The molecule has 7 heteroatoms. The number of nitrogens with one attached hydrogen (secondary N) is 1. The molecular weight excluding hydrogens is 310 g/mol. The lowest BCUT2D eigenvalue weighted by Gasteiger charge is -2.15. The maximum absolute atomic E-state index is 12.5. The van der Waals surface area contributed by atoms with Crippen molar-refractivity contribution in [3.63, 3.8) is 0 Å². The minimum atomic E-state index is -0.938. The molecular formula is C17H15N3O4. The second-order valence-electron chi connectivity index (χ2n) is 5.03. The van der Waals surface area contributed by atoms with Crippen molar-refractivity contribution in [1.29, 1.82) is 5.26 Å². The molecule has 122 valence electrons. The molecule has 1 amide bonds. The minimum absolute atomic E-state index is 0.152. The van der Waals surface area contributed by atoms with Gasteiger partial charge in [0.2, 0.25) is 0 Å². The number of carbonyl (C=O) groups excluding carboxylic acids is 1. The van der Waals surface area contributed by atoms with Gasteiger partial charge < -0.3 is 10.1 Å². The largest absolute Gasteiger partial charge is 0.496 e. The Bertz CT molecular complexity index is 827. The van der Waals surface area contributed by atoms with Crippen molar-refractivity contribution in [2.24, 2.45) is 0 Å². The Hall–Kier alpha value is -3.40. The number of nitrogens with zero attached hydrogens (tertiary/aromatic N) is 2. The van der Waals surface area contributed by atoms with E-state index in [4.69, 9.17) is 4.74 Å². The summed E-state index contributed by atoms with van der Waals surface area (Å²) in [6.07, 6.45) is 0. The van der Waals surface area contributed by atoms with Gasteiger partial charge >= 0.3 is 0 Å². The van der Waals surface area contributed by atoms with Gasteiger partial charge in [-0.05, 0) is 18.6 Å². The molecule has 1 N–H and O–H groups in total. The Kier molecular flexibility index (Phi) is 5.12. The van der Waals surface area contributed by atoms with Gasteiger partial charge in [-0.15, -0.1) is 0 Å². The summed E-state index contributed by atoms with van der Waals surface area (Å²) in [6, 6.07) is 11.9. The third-order valence-electron chi connectivity index (χ3n) is 3.53. The first-order chi connectivity index (χ1) is 11.5. The van der Waals surface area contributed by atoms with E-state index in [0.717, 1.165) is 0 Å². The molecule has 1 atom stereocenters. The highest BCUT2D eigenvalue weighted by molar-refractivity contribution is 5.96. The summed E-state index contributed by atoms with van der Waals surface area (Å²) in [5.74, 6) is -0.0891. The molecule has 0 saturated carbocycles. The van der Waals surface area contributed by atoms with Crippen LogP contribution in [0.2, 0.25) is 0 Å². The molecule has 0 fully saturated rings. The van der Waals surface area contributed by atoms with Crippen LogP contribution < -0.4 is 10.1 Å². The van der Waals surface area contributed by atoms with Crippen LogP contribution in [0.4, 0.5) is 5.69 Å². The SMILES string of the molecule is COc1ccccc1[C@H](C#N)NC(=O)c1cc([N+](=O)[O-])ccc1C. The van der Waals surface area contributed by atoms with Crippen LogP contribution in [-0.4, -0.2) is 17.9 Å². The van der Waals surface area contributed by atoms with Gasteiger partial charge in [-0.3, -0.25) is 14.9 Å². The van der Waals surface area contributed by atoms with E-state index in [1.165, 1.54) is 25.3 Å². The number of aryl methyl sites for hydroxylation is 1. The molecule has 0 heterocycles. The Morgan fingerprint density at radius 3 is 2.67 bits per heavy atom. The number of hydrogen-bond acceptors (Lipinski definition) is 5. The molecule has 0 aliphatic carbocycles. The zero-order valence-electron chi connectivity index (χ0n) is 13.1. The molecule has 2 aromatic carbocycles. The van der Waals surface area contributed by atoms with E-state index in [2.05, 4.69) is 5.32 Å². The molecule has 0 saturated heterocycles. The fraction of sp³-hybridized carbons (Fsp3) is 0.176. The van der Waals surface area contributed by atoms with E-state index in [1.807, 2.05) is 6.07 Å². The number of benzene rings is 2. The zero-order chi connectivity index (χ0) is 17.7. The molecule has 2 rings (SSSR count). The van der Waals surface area contributed by atoms with Crippen LogP contribution in [0.25, 0.3) is 0 Å². The van der Waals surface area contributed by atoms with Gasteiger partial charge in [0, 0.05) is 23.3 Å². The topological polar surface area (TPSA) is 105 Å². The number of para-hydroxylation sites is 1. The number of hydrogen-bond donors (Lipinski definition) is 1. The first-order valence-electron chi connectivity index (χ1n) is 7.06. The summed E-state index contributed by atoms with van der Waals surface area (Å²) in [7, 11) is 1.47. The Morgan fingerprint density at radius 2 is 2.04 bits per heavy atom. The summed E-state index contributed by atoms with van der Waals surface area (Å²) in [4.78, 5) is 22.8. The van der Waals surface area contributed by atoms with Crippen molar-refractivity contribution in [1.82, 2.24) is 5.32 Å². The highest BCUT2D eigenvalue weighted by atomic mass is 16.6. The molecule has 0 aromatic heterocycles.